The Hall–Kier alpha value is -2.77. The number of hydrogen-bond acceptors (Lipinski definition) is 5. The highest BCUT2D eigenvalue weighted by molar-refractivity contribution is 6.01. The minimum atomic E-state index is -0.310. The molecule has 0 radical (unpaired) electrons. The molecule has 8 heteroatoms. The van der Waals surface area contributed by atoms with Crippen molar-refractivity contribution in [3.05, 3.63) is 23.8 Å². The van der Waals surface area contributed by atoms with Crippen molar-refractivity contribution in [1.29, 1.82) is 0 Å². The molecule has 0 bridgehead atoms. The molecule has 1 N–H and O–H groups in total. The molecule has 25 heavy (non-hydrogen) atoms. The Labute approximate surface area is 146 Å². The summed E-state index contributed by atoms with van der Waals surface area (Å²) < 4.78 is 10.4. The van der Waals surface area contributed by atoms with Crippen LogP contribution in [-0.2, 0) is 16.1 Å². The molecule has 1 heterocycles. The molecule has 2 rings (SSSR count). The molecule has 1 aliphatic heterocycles. The average Bonchev–Trinajstić information content (AvgIpc) is 2.85. The van der Waals surface area contributed by atoms with E-state index in [9.17, 15) is 14.4 Å². The predicted octanol–water partition coefficient (Wildman–Crippen LogP) is 0.994. The van der Waals surface area contributed by atoms with E-state index in [2.05, 4.69) is 5.32 Å². The summed E-state index contributed by atoms with van der Waals surface area (Å²) in [5.41, 5.74) is 0.887. The van der Waals surface area contributed by atoms with E-state index >= 15 is 0 Å². The van der Waals surface area contributed by atoms with Crippen molar-refractivity contribution in [2.75, 3.05) is 34.4 Å². The summed E-state index contributed by atoms with van der Waals surface area (Å²) in [6.07, 6.45) is 0.678. The quantitative estimate of drug-likeness (QED) is 0.707. The van der Waals surface area contributed by atoms with Crippen LogP contribution in [0.4, 0.5) is 4.79 Å². The molecule has 1 aromatic rings. The molecule has 1 saturated heterocycles. The van der Waals surface area contributed by atoms with Gasteiger partial charge in [0.1, 0.15) is 6.54 Å². The van der Waals surface area contributed by atoms with Gasteiger partial charge in [-0.1, -0.05) is 6.07 Å². The number of methoxy groups -OCH3 is 2. The van der Waals surface area contributed by atoms with Crippen molar-refractivity contribution >= 4 is 17.8 Å². The third kappa shape index (κ3) is 4.62. The monoisotopic (exact) mass is 349 g/mol. The summed E-state index contributed by atoms with van der Waals surface area (Å²) in [6, 6.07) is 5.12. The summed E-state index contributed by atoms with van der Waals surface area (Å²) in [7, 11) is 4.70. The summed E-state index contributed by atoms with van der Waals surface area (Å²) in [4.78, 5) is 37.8. The minimum Gasteiger partial charge on any atom is -0.493 e. The highest BCUT2D eigenvalue weighted by Crippen LogP contribution is 2.27. The fraction of sp³-hybridized carbons (Fsp3) is 0.471. The highest BCUT2D eigenvalue weighted by Gasteiger charge is 2.32. The van der Waals surface area contributed by atoms with Gasteiger partial charge >= 0.3 is 6.03 Å². The zero-order valence-electron chi connectivity index (χ0n) is 14.7. The molecule has 136 valence electrons. The van der Waals surface area contributed by atoms with Gasteiger partial charge in [0, 0.05) is 26.6 Å². The van der Waals surface area contributed by atoms with E-state index in [0.29, 0.717) is 24.5 Å². The van der Waals surface area contributed by atoms with E-state index in [1.165, 1.54) is 9.80 Å². The van der Waals surface area contributed by atoms with Crippen molar-refractivity contribution < 1.29 is 23.9 Å². The summed E-state index contributed by atoms with van der Waals surface area (Å²) in [5, 5.41) is 2.81. The van der Waals surface area contributed by atoms with Gasteiger partial charge in [-0.15, -0.1) is 0 Å². The van der Waals surface area contributed by atoms with Gasteiger partial charge < -0.3 is 19.7 Å². The van der Waals surface area contributed by atoms with Crippen molar-refractivity contribution in [3.63, 3.8) is 0 Å². The Morgan fingerprint density at radius 2 is 1.92 bits per heavy atom. The average molecular weight is 349 g/mol. The molecule has 4 amide bonds. The zero-order valence-corrected chi connectivity index (χ0v) is 14.7. The van der Waals surface area contributed by atoms with Crippen LogP contribution in [0.2, 0.25) is 0 Å². The molecular formula is C17H23N3O5. The van der Waals surface area contributed by atoms with Crippen LogP contribution < -0.4 is 14.8 Å². The maximum absolute atomic E-state index is 11.9. The summed E-state index contributed by atoms with van der Waals surface area (Å²) in [5.74, 6) is 0.868. The van der Waals surface area contributed by atoms with Crippen molar-refractivity contribution in [2.24, 2.45) is 0 Å². The fourth-order valence-electron chi connectivity index (χ4n) is 2.57. The number of nitrogens with zero attached hydrogens (tertiary/aromatic N) is 2. The lowest BCUT2D eigenvalue weighted by molar-refractivity contribution is -0.126. The Bertz CT molecular complexity index is 662. The number of benzene rings is 1. The number of imide groups is 1. The number of rotatable bonds is 8. The molecule has 0 saturated carbocycles. The smallest absolute Gasteiger partial charge is 0.326 e. The first-order chi connectivity index (χ1) is 12.0. The van der Waals surface area contributed by atoms with Crippen molar-refractivity contribution in [3.8, 4) is 11.5 Å². The van der Waals surface area contributed by atoms with E-state index in [0.717, 1.165) is 5.56 Å². The maximum atomic E-state index is 11.9. The predicted molar refractivity (Wildman–Crippen MR) is 90.4 cm³/mol. The van der Waals surface area contributed by atoms with Crippen LogP contribution in [0.25, 0.3) is 0 Å². The molecule has 1 aromatic carbocycles. The van der Waals surface area contributed by atoms with Gasteiger partial charge in [0.25, 0.3) is 0 Å². The molecular weight excluding hydrogens is 326 g/mol. The molecule has 1 aliphatic rings. The first-order valence-electron chi connectivity index (χ1n) is 7.99. The van der Waals surface area contributed by atoms with Gasteiger partial charge in [0.15, 0.2) is 11.5 Å². The van der Waals surface area contributed by atoms with E-state index in [1.807, 2.05) is 6.07 Å². The van der Waals surface area contributed by atoms with Crippen LogP contribution >= 0.6 is 0 Å². The Morgan fingerprint density at radius 1 is 1.20 bits per heavy atom. The number of likely N-dealkylation sites (N-methyl/N-ethyl adjacent to an activating group) is 1. The first kappa shape index (κ1) is 18.6. The SMILES string of the molecule is COc1ccc(CNC(=O)CCCN2C(=O)CN(C)C2=O)cc1OC. The Balaban J connectivity index is 1.76. The largest absolute Gasteiger partial charge is 0.493 e. The second kappa shape index (κ2) is 8.36. The van der Waals surface area contributed by atoms with Crippen LogP contribution in [0, 0.1) is 0 Å². The lowest BCUT2D eigenvalue weighted by Gasteiger charge is -2.14. The van der Waals surface area contributed by atoms with Crippen LogP contribution in [0.3, 0.4) is 0 Å². The van der Waals surface area contributed by atoms with Gasteiger partial charge in [-0.3, -0.25) is 14.5 Å². The summed E-state index contributed by atoms with van der Waals surface area (Å²) >= 11 is 0. The second-order valence-electron chi connectivity index (χ2n) is 5.75. The third-order valence-electron chi connectivity index (χ3n) is 3.95. The normalized spacial score (nSPS) is 14.0. The lowest BCUT2D eigenvalue weighted by atomic mass is 10.2. The number of carbonyl (C=O) groups excluding carboxylic acids is 3. The topological polar surface area (TPSA) is 88.2 Å². The van der Waals surface area contributed by atoms with Crippen molar-refractivity contribution in [2.45, 2.75) is 19.4 Å². The van der Waals surface area contributed by atoms with Gasteiger partial charge in [0.05, 0.1) is 14.2 Å². The molecule has 0 spiro atoms. The van der Waals surface area contributed by atoms with Gasteiger partial charge in [0.2, 0.25) is 11.8 Å². The standard InChI is InChI=1S/C17H23N3O5/c1-19-11-16(22)20(17(19)23)8-4-5-15(21)18-10-12-6-7-13(24-2)14(9-12)25-3/h6-7,9H,4-5,8,10-11H2,1-3H3,(H,18,21). The fourth-order valence-corrected chi connectivity index (χ4v) is 2.57. The Kier molecular flexibility index (Phi) is 6.21. The first-order valence-corrected chi connectivity index (χ1v) is 7.99. The lowest BCUT2D eigenvalue weighted by Crippen LogP contribution is -2.33. The number of hydrogen-bond donors (Lipinski definition) is 1. The van der Waals surface area contributed by atoms with Crippen LogP contribution in [0.5, 0.6) is 11.5 Å². The molecule has 8 nitrogen and oxygen atoms in total. The van der Waals surface area contributed by atoms with E-state index in [-0.39, 0.29) is 37.4 Å². The number of amides is 4. The molecule has 0 unspecified atom stereocenters. The van der Waals surface area contributed by atoms with Gasteiger partial charge in [-0.2, -0.15) is 0 Å². The maximum Gasteiger partial charge on any atom is 0.326 e. The molecule has 0 aliphatic carbocycles. The number of carbonyl (C=O) groups is 3. The van der Waals surface area contributed by atoms with Crippen molar-refractivity contribution in [1.82, 2.24) is 15.1 Å². The minimum absolute atomic E-state index is 0.102. The molecule has 0 atom stereocenters. The Morgan fingerprint density at radius 3 is 2.52 bits per heavy atom. The number of urea groups is 1. The molecule has 1 fully saturated rings. The van der Waals surface area contributed by atoms with Gasteiger partial charge in [-0.25, -0.2) is 4.79 Å². The number of ether oxygens (including phenoxy) is 2. The van der Waals surface area contributed by atoms with E-state index in [4.69, 9.17) is 9.47 Å². The zero-order chi connectivity index (χ0) is 18.4. The van der Waals surface area contributed by atoms with Gasteiger partial charge in [-0.05, 0) is 24.1 Å². The van der Waals surface area contributed by atoms with Crippen LogP contribution in [-0.4, -0.2) is 62.0 Å². The summed E-state index contributed by atoms with van der Waals surface area (Å²) in [6.45, 7) is 0.722. The number of nitrogens with one attached hydrogen (secondary N) is 1. The van der Waals surface area contributed by atoms with E-state index < -0.39 is 0 Å². The second-order valence-corrected chi connectivity index (χ2v) is 5.75. The highest BCUT2D eigenvalue weighted by atomic mass is 16.5. The molecule has 0 aromatic heterocycles. The van der Waals surface area contributed by atoms with Crippen LogP contribution in [0.15, 0.2) is 18.2 Å². The van der Waals surface area contributed by atoms with Crippen LogP contribution in [0.1, 0.15) is 18.4 Å². The van der Waals surface area contributed by atoms with E-state index in [1.54, 1.807) is 33.4 Å². The third-order valence-corrected chi connectivity index (χ3v) is 3.95.